The molecule has 0 fully saturated rings. The maximum atomic E-state index is 10.9. The molecular formula is C10H8N2O7. The zero-order valence-corrected chi connectivity index (χ0v) is 9.21. The first-order valence-electron chi connectivity index (χ1n) is 4.73. The lowest BCUT2D eigenvalue weighted by atomic mass is 10.2. The summed E-state index contributed by atoms with van der Waals surface area (Å²) < 4.78 is 0. The van der Waals surface area contributed by atoms with Gasteiger partial charge in [0.15, 0.2) is 0 Å². The molecule has 0 aliphatic rings. The summed E-state index contributed by atoms with van der Waals surface area (Å²) in [5, 5.41) is 30.0. The number of carboxylic acid groups (broad SMARTS) is 2. The molecule has 0 unspecified atom stereocenters. The van der Waals surface area contributed by atoms with Crippen LogP contribution in [0.4, 0.5) is 11.4 Å². The zero-order chi connectivity index (χ0) is 14.6. The fourth-order valence-corrected chi connectivity index (χ4v) is 1.07. The van der Waals surface area contributed by atoms with Crippen LogP contribution in [-0.2, 0) is 19.2 Å². The van der Waals surface area contributed by atoms with Crippen LogP contribution in [0.2, 0.25) is 0 Å². The van der Waals surface area contributed by atoms with Crippen LogP contribution in [0.3, 0.4) is 0 Å². The standard InChI is InChI=1S/C10H8N2O7/c13-6-2-1-4(11-7(14)9(16)17)3-5(6)12-8(15)10(18)19/h1-3,13H,(H,11,14)(H,12,15)(H,16,17)(H,18,19). The van der Waals surface area contributed by atoms with Gasteiger partial charge in [0.25, 0.3) is 0 Å². The zero-order valence-electron chi connectivity index (χ0n) is 9.21. The molecule has 1 aromatic carbocycles. The van der Waals surface area contributed by atoms with E-state index < -0.39 is 29.5 Å². The first-order valence-corrected chi connectivity index (χ1v) is 4.73. The number of aromatic hydroxyl groups is 1. The van der Waals surface area contributed by atoms with Crippen LogP contribution in [0.15, 0.2) is 18.2 Å². The largest absolute Gasteiger partial charge is 0.506 e. The molecule has 19 heavy (non-hydrogen) atoms. The first kappa shape index (κ1) is 14.0. The predicted molar refractivity (Wildman–Crippen MR) is 60.6 cm³/mol. The Hall–Kier alpha value is -3.10. The highest BCUT2D eigenvalue weighted by Crippen LogP contribution is 2.26. The van der Waals surface area contributed by atoms with E-state index in [1.165, 1.54) is 6.07 Å². The molecule has 0 atom stereocenters. The van der Waals surface area contributed by atoms with Crippen molar-refractivity contribution >= 4 is 35.1 Å². The van der Waals surface area contributed by atoms with Gasteiger partial charge in [-0.15, -0.1) is 0 Å². The number of carbonyl (C=O) groups excluding carboxylic acids is 2. The SMILES string of the molecule is O=C(O)C(=O)Nc1ccc(O)c(NC(=O)C(=O)O)c1. The lowest BCUT2D eigenvalue weighted by Gasteiger charge is -2.08. The molecule has 0 aliphatic heterocycles. The van der Waals surface area contributed by atoms with E-state index in [-0.39, 0.29) is 11.4 Å². The fourth-order valence-electron chi connectivity index (χ4n) is 1.07. The molecule has 0 saturated carbocycles. The van der Waals surface area contributed by atoms with E-state index in [0.717, 1.165) is 12.1 Å². The second-order valence-electron chi connectivity index (χ2n) is 3.25. The molecule has 1 rings (SSSR count). The fraction of sp³-hybridized carbons (Fsp3) is 0. The third kappa shape index (κ3) is 3.70. The molecule has 0 bridgehead atoms. The number of rotatable bonds is 2. The topological polar surface area (TPSA) is 153 Å². The highest BCUT2D eigenvalue weighted by Gasteiger charge is 2.15. The molecule has 0 spiro atoms. The number of amides is 2. The van der Waals surface area contributed by atoms with Crippen molar-refractivity contribution in [2.45, 2.75) is 0 Å². The smallest absolute Gasteiger partial charge is 0.394 e. The molecule has 9 heteroatoms. The van der Waals surface area contributed by atoms with Crippen molar-refractivity contribution in [2.75, 3.05) is 10.6 Å². The highest BCUT2D eigenvalue weighted by molar-refractivity contribution is 6.37. The summed E-state index contributed by atoms with van der Waals surface area (Å²) in [6.45, 7) is 0. The van der Waals surface area contributed by atoms with Gasteiger partial charge in [0, 0.05) is 5.69 Å². The van der Waals surface area contributed by atoms with Crippen LogP contribution in [0.1, 0.15) is 0 Å². The number of phenols is 1. The minimum absolute atomic E-state index is 0.0362. The molecule has 5 N–H and O–H groups in total. The Morgan fingerprint density at radius 1 is 0.895 bits per heavy atom. The van der Waals surface area contributed by atoms with Crippen LogP contribution < -0.4 is 10.6 Å². The van der Waals surface area contributed by atoms with Crippen molar-refractivity contribution in [3.05, 3.63) is 18.2 Å². The Kier molecular flexibility index (Phi) is 4.03. The van der Waals surface area contributed by atoms with E-state index in [1.54, 1.807) is 0 Å². The third-order valence-corrected chi connectivity index (χ3v) is 1.89. The summed E-state index contributed by atoms with van der Waals surface area (Å²) >= 11 is 0. The second kappa shape index (κ2) is 5.49. The molecular weight excluding hydrogens is 260 g/mol. The summed E-state index contributed by atoms with van der Waals surface area (Å²) in [5.41, 5.74) is -0.318. The Morgan fingerprint density at radius 2 is 1.42 bits per heavy atom. The van der Waals surface area contributed by atoms with E-state index >= 15 is 0 Å². The van der Waals surface area contributed by atoms with Gasteiger partial charge in [-0.2, -0.15) is 0 Å². The second-order valence-corrected chi connectivity index (χ2v) is 3.25. The van der Waals surface area contributed by atoms with E-state index in [2.05, 4.69) is 0 Å². The van der Waals surface area contributed by atoms with E-state index in [4.69, 9.17) is 10.2 Å². The van der Waals surface area contributed by atoms with Crippen LogP contribution in [0, 0.1) is 0 Å². The summed E-state index contributed by atoms with van der Waals surface area (Å²) in [7, 11) is 0. The molecule has 1 aromatic rings. The van der Waals surface area contributed by atoms with Gasteiger partial charge in [0.2, 0.25) is 0 Å². The van der Waals surface area contributed by atoms with E-state index in [0.29, 0.717) is 0 Å². The minimum Gasteiger partial charge on any atom is -0.506 e. The van der Waals surface area contributed by atoms with Crippen LogP contribution in [-0.4, -0.2) is 39.1 Å². The first-order chi connectivity index (χ1) is 8.81. The van der Waals surface area contributed by atoms with Gasteiger partial charge >= 0.3 is 23.8 Å². The molecule has 2 amide bonds. The van der Waals surface area contributed by atoms with E-state index in [9.17, 15) is 24.3 Å². The van der Waals surface area contributed by atoms with Crippen LogP contribution >= 0.6 is 0 Å². The number of hydrogen-bond donors (Lipinski definition) is 5. The van der Waals surface area contributed by atoms with Gasteiger partial charge < -0.3 is 26.0 Å². The quantitative estimate of drug-likeness (QED) is 0.273. The molecule has 0 radical (unpaired) electrons. The van der Waals surface area contributed by atoms with Gasteiger partial charge in [-0.3, -0.25) is 9.59 Å². The molecule has 100 valence electrons. The predicted octanol–water partition coefficient (Wildman–Crippen LogP) is -0.562. The number of hydrogen-bond acceptors (Lipinski definition) is 5. The number of phenolic OH excluding ortho intramolecular Hbond substituents is 1. The number of aliphatic carboxylic acids is 2. The average Bonchev–Trinajstić information content (AvgIpc) is 2.32. The lowest BCUT2D eigenvalue weighted by molar-refractivity contribution is -0.147. The number of anilines is 2. The van der Waals surface area contributed by atoms with Crippen molar-refractivity contribution < 1.29 is 34.5 Å². The van der Waals surface area contributed by atoms with Gasteiger partial charge in [0.05, 0.1) is 5.69 Å². The normalized spacial score (nSPS) is 9.47. The van der Waals surface area contributed by atoms with Crippen molar-refractivity contribution in [2.24, 2.45) is 0 Å². The van der Waals surface area contributed by atoms with Gasteiger partial charge in [-0.1, -0.05) is 0 Å². The van der Waals surface area contributed by atoms with Crippen LogP contribution in [0.5, 0.6) is 5.75 Å². The van der Waals surface area contributed by atoms with Crippen molar-refractivity contribution in [1.29, 1.82) is 0 Å². The lowest BCUT2D eigenvalue weighted by Crippen LogP contribution is -2.23. The maximum Gasteiger partial charge on any atom is 0.394 e. The van der Waals surface area contributed by atoms with Gasteiger partial charge in [-0.05, 0) is 18.2 Å². The van der Waals surface area contributed by atoms with Crippen molar-refractivity contribution in [1.82, 2.24) is 0 Å². The highest BCUT2D eigenvalue weighted by atomic mass is 16.4. The maximum absolute atomic E-state index is 10.9. The van der Waals surface area contributed by atoms with Crippen LogP contribution in [0.25, 0.3) is 0 Å². The number of benzene rings is 1. The monoisotopic (exact) mass is 268 g/mol. The van der Waals surface area contributed by atoms with Crippen molar-refractivity contribution in [3.63, 3.8) is 0 Å². The number of nitrogens with one attached hydrogen (secondary N) is 2. The molecule has 0 aromatic heterocycles. The van der Waals surface area contributed by atoms with Gasteiger partial charge in [-0.25, -0.2) is 9.59 Å². The molecule has 0 saturated heterocycles. The summed E-state index contributed by atoms with van der Waals surface area (Å²) in [6.07, 6.45) is 0. The third-order valence-electron chi connectivity index (χ3n) is 1.89. The average molecular weight is 268 g/mol. The van der Waals surface area contributed by atoms with Crippen molar-refractivity contribution in [3.8, 4) is 5.75 Å². The Bertz CT molecular complexity index is 567. The Labute approximate surface area is 105 Å². The van der Waals surface area contributed by atoms with E-state index in [1.807, 2.05) is 10.6 Å². The number of carbonyl (C=O) groups is 4. The summed E-state index contributed by atoms with van der Waals surface area (Å²) in [6, 6.07) is 3.23. The Morgan fingerprint density at radius 3 is 1.95 bits per heavy atom. The molecule has 0 aliphatic carbocycles. The molecule has 0 heterocycles. The summed E-state index contributed by atoms with van der Waals surface area (Å²) in [5.74, 6) is -6.63. The number of carboxylic acids is 2. The summed E-state index contributed by atoms with van der Waals surface area (Å²) in [4.78, 5) is 42.4. The Balaban J connectivity index is 2.94. The molecule has 9 nitrogen and oxygen atoms in total. The van der Waals surface area contributed by atoms with Gasteiger partial charge in [0.1, 0.15) is 5.75 Å². The minimum atomic E-state index is -1.76.